The molecule has 4 nitrogen and oxygen atoms in total. The highest BCUT2D eigenvalue weighted by atomic mass is 35.5. The van der Waals surface area contributed by atoms with E-state index in [1.807, 2.05) is 26.0 Å². The van der Waals surface area contributed by atoms with Crippen LogP contribution >= 0.6 is 11.6 Å². The lowest BCUT2D eigenvalue weighted by Gasteiger charge is -2.36. The van der Waals surface area contributed by atoms with Gasteiger partial charge in [-0.25, -0.2) is 4.39 Å². The molecule has 0 bridgehead atoms. The molecule has 1 amide bonds. The summed E-state index contributed by atoms with van der Waals surface area (Å²) in [6.45, 7) is 7.31. The molecule has 2 aromatic carbocycles. The van der Waals surface area contributed by atoms with Gasteiger partial charge in [0.15, 0.2) is 6.04 Å². The molecule has 1 aliphatic heterocycles. The first kappa shape index (κ1) is 18.7. The van der Waals surface area contributed by atoms with Crippen molar-refractivity contribution in [1.29, 1.82) is 0 Å². The van der Waals surface area contributed by atoms with Gasteiger partial charge in [0.1, 0.15) is 5.82 Å². The van der Waals surface area contributed by atoms with Gasteiger partial charge >= 0.3 is 0 Å². The second kappa shape index (κ2) is 8.06. The number of rotatable bonds is 4. The van der Waals surface area contributed by atoms with E-state index in [9.17, 15) is 9.18 Å². The van der Waals surface area contributed by atoms with E-state index >= 15 is 0 Å². The molecule has 1 fully saturated rings. The third-order valence-electron chi connectivity index (χ3n) is 5.06. The number of nitrogens with zero attached hydrogens (tertiary/aromatic N) is 1. The molecule has 3 rings (SSSR count). The molecule has 1 aliphatic rings. The number of quaternary nitrogens is 1. The third-order valence-corrected chi connectivity index (χ3v) is 5.30. The molecule has 0 aliphatic carbocycles. The zero-order valence-corrected chi connectivity index (χ0v) is 15.8. The van der Waals surface area contributed by atoms with Crippen LogP contribution in [0.1, 0.15) is 12.5 Å². The van der Waals surface area contributed by atoms with Crippen LogP contribution in [0.2, 0.25) is 5.02 Å². The van der Waals surface area contributed by atoms with E-state index in [1.165, 1.54) is 17.0 Å². The van der Waals surface area contributed by atoms with Crippen molar-refractivity contribution >= 4 is 28.9 Å². The minimum Gasteiger partial charge on any atom is -0.360 e. The Morgan fingerprint density at radius 2 is 1.85 bits per heavy atom. The molecule has 2 N–H and O–H groups in total. The number of carbonyl (C=O) groups is 1. The highest BCUT2D eigenvalue weighted by molar-refractivity contribution is 6.31. The van der Waals surface area contributed by atoms with Crippen molar-refractivity contribution in [2.75, 3.05) is 36.4 Å². The fourth-order valence-electron chi connectivity index (χ4n) is 3.29. The first-order valence-corrected chi connectivity index (χ1v) is 9.24. The molecule has 0 spiro atoms. The summed E-state index contributed by atoms with van der Waals surface area (Å²) in [5.41, 5.74) is 2.78. The fraction of sp³-hybridized carbons (Fsp3) is 0.350. The summed E-state index contributed by atoms with van der Waals surface area (Å²) in [6, 6.07) is 11.9. The monoisotopic (exact) mass is 376 g/mol. The van der Waals surface area contributed by atoms with Gasteiger partial charge in [-0.2, -0.15) is 0 Å². The van der Waals surface area contributed by atoms with Crippen LogP contribution in [0.3, 0.4) is 0 Å². The predicted molar refractivity (Wildman–Crippen MR) is 104 cm³/mol. The van der Waals surface area contributed by atoms with Crippen molar-refractivity contribution in [2.24, 2.45) is 0 Å². The van der Waals surface area contributed by atoms with E-state index in [0.29, 0.717) is 5.02 Å². The molecular weight excluding hydrogens is 353 g/mol. The first-order chi connectivity index (χ1) is 12.4. The fourth-order valence-corrected chi connectivity index (χ4v) is 3.46. The van der Waals surface area contributed by atoms with Gasteiger partial charge in [0.2, 0.25) is 0 Å². The maximum atomic E-state index is 13.1. The number of anilines is 2. The summed E-state index contributed by atoms with van der Waals surface area (Å²) in [5.74, 6) is -0.222. The topological polar surface area (TPSA) is 36.8 Å². The number of halogens is 2. The Labute approximate surface area is 158 Å². The van der Waals surface area contributed by atoms with Crippen LogP contribution in [0.15, 0.2) is 42.5 Å². The van der Waals surface area contributed by atoms with E-state index in [1.54, 1.807) is 18.2 Å². The molecule has 1 saturated heterocycles. The molecule has 6 heteroatoms. The number of hydrogen-bond acceptors (Lipinski definition) is 2. The summed E-state index contributed by atoms with van der Waals surface area (Å²) in [4.78, 5) is 16.1. The molecule has 138 valence electrons. The van der Waals surface area contributed by atoms with E-state index < -0.39 is 0 Å². The number of hydrogen-bond donors (Lipinski definition) is 2. The highest BCUT2D eigenvalue weighted by Gasteiger charge is 2.29. The smallest absolute Gasteiger partial charge is 0.282 e. The van der Waals surface area contributed by atoms with Gasteiger partial charge in [-0.15, -0.1) is 0 Å². The normalized spacial score (nSPS) is 16.4. The van der Waals surface area contributed by atoms with Crippen LogP contribution in [0.4, 0.5) is 15.8 Å². The van der Waals surface area contributed by atoms with Crippen molar-refractivity contribution in [2.45, 2.75) is 19.9 Å². The molecular formula is C20H24ClFN3O+. The second-order valence-corrected chi connectivity index (χ2v) is 7.23. The number of benzene rings is 2. The quantitative estimate of drug-likeness (QED) is 0.860. The third kappa shape index (κ3) is 4.34. The average Bonchev–Trinajstić information content (AvgIpc) is 2.65. The molecule has 0 aromatic heterocycles. The highest BCUT2D eigenvalue weighted by Crippen LogP contribution is 2.20. The SMILES string of the molecule is Cc1ccc(Cl)cc1NC(=O)[C@H](C)[NH+]1CCN(c2ccc(F)cc2)CC1. The van der Waals surface area contributed by atoms with Gasteiger partial charge in [0, 0.05) is 16.4 Å². The number of aryl methyl sites for hydroxylation is 1. The Morgan fingerprint density at radius 3 is 2.50 bits per heavy atom. The number of piperazine rings is 1. The van der Waals surface area contributed by atoms with Gasteiger partial charge in [-0.05, 0) is 55.8 Å². The van der Waals surface area contributed by atoms with Gasteiger partial charge in [0.05, 0.1) is 26.2 Å². The van der Waals surface area contributed by atoms with Crippen LogP contribution in [0, 0.1) is 12.7 Å². The number of amides is 1. The van der Waals surface area contributed by atoms with Crippen molar-refractivity contribution in [3.63, 3.8) is 0 Å². The van der Waals surface area contributed by atoms with Crippen LogP contribution in [0.25, 0.3) is 0 Å². The summed E-state index contributed by atoms with van der Waals surface area (Å²) in [6.07, 6.45) is 0. The minimum absolute atomic E-state index is 0.000554. The Bertz CT molecular complexity index is 773. The van der Waals surface area contributed by atoms with Crippen molar-refractivity contribution in [1.82, 2.24) is 0 Å². The van der Waals surface area contributed by atoms with Crippen LogP contribution in [-0.2, 0) is 4.79 Å². The second-order valence-electron chi connectivity index (χ2n) is 6.79. The lowest BCUT2D eigenvalue weighted by molar-refractivity contribution is -0.914. The lowest BCUT2D eigenvalue weighted by atomic mass is 10.1. The van der Waals surface area contributed by atoms with Crippen molar-refractivity contribution < 1.29 is 14.1 Å². The van der Waals surface area contributed by atoms with Crippen molar-refractivity contribution in [3.8, 4) is 0 Å². The Morgan fingerprint density at radius 1 is 1.19 bits per heavy atom. The van der Waals surface area contributed by atoms with Crippen LogP contribution < -0.4 is 15.1 Å². The van der Waals surface area contributed by atoms with Crippen LogP contribution in [0.5, 0.6) is 0 Å². The number of nitrogens with one attached hydrogen (secondary N) is 2. The summed E-state index contributed by atoms with van der Waals surface area (Å²) in [7, 11) is 0. The van der Waals surface area contributed by atoms with E-state index in [4.69, 9.17) is 11.6 Å². The van der Waals surface area contributed by atoms with E-state index in [-0.39, 0.29) is 17.8 Å². The molecule has 0 unspecified atom stereocenters. The predicted octanol–water partition coefficient (Wildman–Crippen LogP) is 2.52. The van der Waals surface area contributed by atoms with Gasteiger partial charge in [0.25, 0.3) is 5.91 Å². The van der Waals surface area contributed by atoms with Gasteiger partial charge in [-0.3, -0.25) is 4.79 Å². The Kier molecular flexibility index (Phi) is 5.79. The Hall–Kier alpha value is -2.11. The lowest BCUT2D eigenvalue weighted by Crippen LogP contribution is -3.19. The largest absolute Gasteiger partial charge is 0.360 e. The summed E-state index contributed by atoms with van der Waals surface area (Å²) in [5, 5.41) is 3.61. The van der Waals surface area contributed by atoms with Gasteiger partial charge < -0.3 is 15.1 Å². The van der Waals surface area contributed by atoms with Crippen molar-refractivity contribution in [3.05, 3.63) is 58.9 Å². The molecule has 0 saturated carbocycles. The van der Waals surface area contributed by atoms with Gasteiger partial charge in [-0.1, -0.05) is 17.7 Å². The zero-order chi connectivity index (χ0) is 18.7. The first-order valence-electron chi connectivity index (χ1n) is 8.86. The summed E-state index contributed by atoms with van der Waals surface area (Å²) < 4.78 is 13.1. The molecule has 1 atom stereocenters. The molecule has 26 heavy (non-hydrogen) atoms. The van der Waals surface area contributed by atoms with Crippen LogP contribution in [-0.4, -0.2) is 38.1 Å². The number of carbonyl (C=O) groups excluding carboxylic acids is 1. The average molecular weight is 377 g/mol. The minimum atomic E-state index is -0.223. The maximum Gasteiger partial charge on any atom is 0.282 e. The standard InChI is InChI=1S/C20H23ClFN3O/c1-14-3-4-16(21)13-19(14)23-20(26)15(2)24-9-11-25(12-10-24)18-7-5-17(22)6-8-18/h3-8,13,15H,9-12H2,1-2H3,(H,23,26)/p+1/t15-/m0/s1. The van der Waals surface area contributed by atoms with E-state index in [2.05, 4.69) is 10.2 Å². The molecule has 2 aromatic rings. The Balaban J connectivity index is 1.57. The zero-order valence-electron chi connectivity index (χ0n) is 15.1. The maximum absolute atomic E-state index is 13.1. The van der Waals surface area contributed by atoms with E-state index in [0.717, 1.165) is 43.1 Å². The summed E-state index contributed by atoms with van der Waals surface area (Å²) >= 11 is 6.03. The molecule has 0 radical (unpaired) electrons. The molecule has 1 heterocycles.